The molecule has 0 amide bonds. The van der Waals surface area contributed by atoms with E-state index in [1.54, 1.807) is 0 Å². The van der Waals surface area contributed by atoms with Crippen molar-refractivity contribution in [3.8, 4) is 0 Å². The minimum Gasteiger partial charge on any atom is -0.327 e. The van der Waals surface area contributed by atoms with E-state index in [4.69, 9.17) is 5.73 Å². The lowest BCUT2D eigenvalue weighted by Crippen LogP contribution is -2.30. The molecule has 0 radical (unpaired) electrons. The molecule has 3 nitrogen and oxygen atoms in total. The van der Waals surface area contributed by atoms with Gasteiger partial charge in [0, 0.05) is 36.8 Å². The number of pyridine rings is 1. The van der Waals surface area contributed by atoms with Gasteiger partial charge < -0.3 is 5.73 Å². The highest BCUT2D eigenvalue weighted by atomic mass is 35.5. The Balaban J connectivity index is 0.000000960. The van der Waals surface area contributed by atoms with Gasteiger partial charge in [0.05, 0.1) is 5.52 Å². The number of nitrogens with two attached hydrogens (primary N) is 1. The Labute approximate surface area is 150 Å². The van der Waals surface area contributed by atoms with Gasteiger partial charge in [-0.15, -0.1) is 24.8 Å². The Morgan fingerprint density at radius 2 is 1.96 bits per heavy atom. The summed E-state index contributed by atoms with van der Waals surface area (Å²) in [6.45, 7) is 5.50. The first-order valence-electron chi connectivity index (χ1n) is 8.04. The second-order valence-corrected chi connectivity index (χ2v) is 6.80. The Morgan fingerprint density at radius 1 is 1.17 bits per heavy atom. The lowest BCUT2D eigenvalue weighted by molar-refractivity contribution is 0.299. The molecule has 5 heteroatoms. The fraction of sp³-hybridized carbons (Fsp3) is 0.500. The molecular formula is C18H25Cl2N3. The summed E-state index contributed by atoms with van der Waals surface area (Å²) in [7, 11) is 0. The van der Waals surface area contributed by atoms with Crippen LogP contribution in [-0.2, 0) is 6.54 Å². The smallest absolute Gasteiger partial charge is 0.0708 e. The van der Waals surface area contributed by atoms with Crippen LogP contribution >= 0.6 is 24.8 Å². The van der Waals surface area contributed by atoms with E-state index in [0.717, 1.165) is 29.6 Å². The quantitative estimate of drug-likeness (QED) is 0.897. The highest BCUT2D eigenvalue weighted by Crippen LogP contribution is 2.38. The molecule has 2 heterocycles. The Kier molecular flexibility index (Phi) is 5.90. The molecule has 4 rings (SSSR count). The second kappa shape index (κ2) is 7.35. The normalized spacial score (nSPS) is 26.6. The molecular weight excluding hydrogens is 329 g/mol. The lowest BCUT2D eigenvalue weighted by Gasteiger charge is -2.19. The van der Waals surface area contributed by atoms with Crippen molar-refractivity contribution in [2.45, 2.75) is 32.4 Å². The first-order chi connectivity index (χ1) is 10.2. The summed E-state index contributed by atoms with van der Waals surface area (Å²) in [6, 6.07) is 11.2. The molecule has 2 N–H and O–H groups in total. The van der Waals surface area contributed by atoms with Crippen LogP contribution in [0.15, 0.2) is 30.3 Å². The number of hydrogen-bond acceptors (Lipinski definition) is 3. The van der Waals surface area contributed by atoms with E-state index >= 15 is 0 Å². The molecule has 23 heavy (non-hydrogen) atoms. The molecule has 1 aliphatic carbocycles. The van der Waals surface area contributed by atoms with Gasteiger partial charge in [-0.05, 0) is 49.3 Å². The molecule has 3 unspecified atom stereocenters. The third-order valence-corrected chi connectivity index (χ3v) is 5.31. The minimum absolute atomic E-state index is 0. The molecule has 1 aliphatic heterocycles. The SMILES string of the molecule is Cc1cc(CN2CC3CCC(N)C3C2)c2ccccc2n1.Cl.Cl. The van der Waals surface area contributed by atoms with Gasteiger partial charge in [0.1, 0.15) is 0 Å². The maximum atomic E-state index is 6.25. The summed E-state index contributed by atoms with van der Waals surface area (Å²) in [5.74, 6) is 1.55. The van der Waals surface area contributed by atoms with Crippen LogP contribution in [0, 0.1) is 18.8 Å². The maximum Gasteiger partial charge on any atom is 0.0708 e. The monoisotopic (exact) mass is 353 g/mol. The van der Waals surface area contributed by atoms with Gasteiger partial charge in [0.2, 0.25) is 0 Å². The standard InChI is InChI=1S/C18H23N3.2ClH/c1-12-8-14(15-4-2-3-5-18(15)20-12)10-21-9-13-6-7-17(19)16(13)11-21;;/h2-5,8,13,16-17H,6-7,9-11,19H2,1H3;2*1H. The van der Waals surface area contributed by atoms with Crippen molar-refractivity contribution in [3.63, 3.8) is 0 Å². The summed E-state index contributed by atoms with van der Waals surface area (Å²) in [5.41, 5.74) is 9.89. The van der Waals surface area contributed by atoms with Crippen molar-refractivity contribution in [3.05, 3.63) is 41.6 Å². The van der Waals surface area contributed by atoms with E-state index in [9.17, 15) is 0 Å². The number of aromatic nitrogens is 1. The summed E-state index contributed by atoms with van der Waals surface area (Å²) in [4.78, 5) is 7.23. The molecule has 0 spiro atoms. The molecule has 1 saturated heterocycles. The number of fused-ring (bicyclic) bond motifs is 2. The lowest BCUT2D eigenvalue weighted by atomic mass is 9.98. The summed E-state index contributed by atoms with van der Waals surface area (Å²) in [6.07, 6.45) is 2.54. The molecule has 1 aromatic carbocycles. The topological polar surface area (TPSA) is 42.1 Å². The van der Waals surface area contributed by atoms with Gasteiger partial charge in [-0.3, -0.25) is 9.88 Å². The van der Waals surface area contributed by atoms with Gasteiger partial charge in [0.25, 0.3) is 0 Å². The number of hydrogen-bond donors (Lipinski definition) is 1. The number of rotatable bonds is 2. The molecule has 2 aliphatic rings. The van der Waals surface area contributed by atoms with E-state index in [1.807, 2.05) is 0 Å². The number of nitrogens with zero attached hydrogens (tertiary/aromatic N) is 2. The van der Waals surface area contributed by atoms with Crippen LogP contribution in [-0.4, -0.2) is 29.0 Å². The van der Waals surface area contributed by atoms with E-state index < -0.39 is 0 Å². The van der Waals surface area contributed by atoms with Gasteiger partial charge in [-0.1, -0.05) is 18.2 Å². The van der Waals surface area contributed by atoms with E-state index in [2.05, 4.69) is 47.1 Å². The summed E-state index contributed by atoms with van der Waals surface area (Å²) in [5, 5.41) is 1.30. The van der Waals surface area contributed by atoms with Crippen LogP contribution in [0.2, 0.25) is 0 Å². The van der Waals surface area contributed by atoms with E-state index in [1.165, 1.54) is 36.9 Å². The van der Waals surface area contributed by atoms with E-state index in [-0.39, 0.29) is 24.8 Å². The van der Waals surface area contributed by atoms with Crippen molar-refractivity contribution < 1.29 is 0 Å². The Bertz CT molecular complexity index is 676. The van der Waals surface area contributed by atoms with Crippen LogP contribution in [0.1, 0.15) is 24.1 Å². The average molecular weight is 354 g/mol. The van der Waals surface area contributed by atoms with Crippen LogP contribution in [0.4, 0.5) is 0 Å². The number of likely N-dealkylation sites (tertiary alicyclic amines) is 1. The van der Waals surface area contributed by atoms with Gasteiger partial charge in [-0.2, -0.15) is 0 Å². The minimum atomic E-state index is 0. The molecule has 0 bridgehead atoms. The van der Waals surface area contributed by atoms with Crippen molar-refractivity contribution >= 4 is 35.7 Å². The first-order valence-corrected chi connectivity index (χ1v) is 8.04. The van der Waals surface area contributed by atoms with Crippen molar-refractivity contribution in [2.75, 3.05) is 13.1 Å². The second-order valence-electron chi connectivity index (χ2n) is 6.80. The van der Waals surface area contributed by atoms with Crippen LogP contribution in [0.25, 0.3) is 10.9 Å². The molecule has 1 saturated carbocycles. The number of halogens is 2. The molecule has 2 fully saturated rings. The molecule has 126 valence electrons. The number of para-hydroxylation sites is 1. The zero-order valence-electron chi connectivity index (χ0n) is 13.4. The predicted molar refractivity (Wildman–Crippen MR) is 100 cm³/mol. The number of aryl methyl sites for hydroxylation is 1. The van der Waals surface area contributed by atoms with Gasteiger partial charge in [0.15, 0.2) is 0 Å². The third-order valence-electron chi connectivity index (χ3n) is 5.31. The molecule has 3 atom stereocenters. The van der Waals surface area contributed by atoms with E-state index in [0.29, 0.717) is 6.04 Å². The summed E-state index contributed by atoms with van der Waals surface area (Å²) >= 11 is 0. The van der Waals surface area contributed by atoms with Crippen molar-refractivity contribution in [1.29, 1.82) is 0 Å². The van der Waals surface area contributed by atoms with Crippen molar-refractivity contribution in [1.82, 2.24) is 9.88 Å². The fourth-order valence-electron chi connectivity index (χ4n) is 4.30. The highest BCUT2D eigenvalue weighted by molar-refractivity contribution is 5.85. The largest absolute Gasteiger partial charge is 0.327 e. The van der Waals surface area contributed by atoms with Gasteiger partial charge >= 0.3 is 0 Å². The van der Waals surface area contributed by atoms with Crippen LogP contribution in [0.3, 0.4) is 0 Å². The highest BCUT2D eigenvalue weighted by Gasteiger charge is 2.40. The molecule has 2 aromatic rings. The number of benzene rings is 1. The van der Waals surface area contributed by atoms with Gasteiger partial charge in [-0.25, -0.2) is 0 Å². The Hall–Kier alpha value is -0.870. The third kappa shape index (κ3) is 3.48. The van der Waals surface area contributed by atoms with Crippen LogP contribution in [0.5, 0.6) is 0 Å². The molecule has 1 aromatic heterocycles. The zero-order valence-corrected chi connectivity index (χ0v) is 15.1. The average Bonchev–Trinajstić information content (AvgIpc) is 3.01. The fourth-order valence-corrected chi connectivity index (χ4v) is 4.30. The van der Waals surface area contributed by atoms with Crippen LogP contribution < -0.4 is 5.73 Å². The van der Waals surface area contributed by atoms with Crippen molar-refractivity contribution in [2.24, 2.45) is 17.6 Å². The predicted octanol–water partition coefficient (Wildman–Crippen LogP) is 3.56. The summed E-state index contributed by atoms with van der Waals surface area (Å²) < 4.78 is 0. The zero-order chi connectivity index (χ0) is 14.4. The Morgan fingerprint density at radius 3 is 2.74 bits per heavy atom. The first kappa shape index (κ1) is 18.5. The maximum absolute atomic E-state index is 6.25.